The first-order chi connectivity index (χ1) is 26.5. The molecule has 1 aliphatic heterocycles. The lowest BCUT2D eigenvalue weighted by atomic mass is 9.75. The summed E-state index contributed by atoms with van der Waals surface area (Å²) in [5.41, 5.74) is 0. The smallest absolute Gasteiger partial charge is 0.297 e. The molecule has 1 fully saturated rings. The average molecular weight is 708 g/mol. The van der Waals surface area contributed by atoms with Crippen molar-refractivity contribution in [3.63, 3.8) is 0 Å². The van der Waals surface area contributed by atoms with Crippen molar-refractivity contribution in [3.05, 3.63) is 50.6 Å². The van der Waals surface area contributed by atoms with Gasteiger partial charge in [0, 0.05) is 53.3 Å². The van der Waals surface area contributed by atoms with Crippen molar-refractivity contribution in [3.8, 4) is 142 Å². The minimum absolute atomic E-state index is 0.000300. The minimum atomic E-state index is -0.861. The van der Waals surface area contributed by atoms with Crippen molar-refractivity contribution in [2.75, 3.05) is 6.61 Å². The predicted octanol–water partition coefficient (Wildman–Crippen LogP) is 4.59. The number of carbonyl (C=O) groups excluding carboxylic acids is 1. The van der Waals surface area contributed by atoms with Crippen LogP contribution in [0.4, 0.5) is 0 Å². The molecule has 2 N–H and O–H groups in total. The minimum Gasteiger partial charge on any atom is -0.391 e. The van der Waals surface area contributed by atoms with Gasteiger partial charge < -0.3 is 19.9 Å². The van der Waals surface area contributed by atoms with Gasteiger partial charge in [0.25, 0.3) is 5.91 Å². The van der Waals surface area contributed by atoms with Crippen LogP contribution in [0, 0.1) is 160 Å². The van der Waals surface area contributed by atoms with E-state index in [2.05, 4.69) is 181 Å². The van der Waals surface area contributed by atoms with Gasteiger partial charge >= 0.3 is 0 Å². The molecule has 5 heteroatoms. The molecule has 0 aromatic rings. The highest BCUT2D eigenvalue weighted by atomic mass is 16.7. The Labute approximate surface area is 323 Å². The number of allylic oxidation sites excluding steroid dienone is 1. The van der Waals surface area contributed by atoms with Crippen LogP contribution < -0.4 is 5.32 Å². The summed E-state index contributed by atoms with van der Waals surface area (Å²) in [6.45, 7) is 19.6. The molecular weight excluding hydrogens is 667 g/mol. The molecule has 0 radical (unpaired) electrons. The number of carbonyl (C=O) groups is 1. The van der Waals surface area contributed by atoms with Crippen LogP contribution in [-0.4, -0.2) is 42.2 Å². The first-order valence-corrected chi connectivity index (χ1v) is 17.1. The first kappa shape index (κ1) is 45.1. The summed E-state index contributed by atoms with van der Waals surface area (Å²) in [7, 11) is 0. The third-order valence-electron chi connectivity index (χ3n) is 7.34. The zero-order valence-electron chi connectivity index (χ0n) is 30.8. The lowest BCUT2D eigenvalue weighted by molar-refractivity contribution is -0.236. The molecule has 54 heavy (non-hydrogen) atoms. The fraction of sp³-hybridized carbons (Fsp3) is 0.327. The number of aliphatic hydroxyl groups excluding tert-OH is 1. The SMILES string of the molecule is C=CCC1O[C@H](OC[C@H](NC(=O)C#CC#CC#CC#CC#CC#CC#CC#CC#CC#CC#CC#CC)[C@H](O)CCCCCC)[C@@H](C=C)C(C=C)[C@H]1C=C. The lowest BCUT2D eigenvalue weighted by Gasteiger charge is -2.44. The molecule has 0 spiro atoms. The zero-order valence-corrected chi connectivity index (χ0v) is 30.8. The van der Waals surface area contributed by atoms with E-state index in [1.54, 1.807) is 19.1 Å². The maximum Gasteiger partial charge on any atom is 0.297 e. The lowest BCUT2D eigenvalue weighted by Crippen LogP contribution is -2.50. The molecule has 1 aliphatic rings. The van der Waals surface area contributed by atoms with Gasteiger partial charge in [-0.1, -0.05) is 62.8 Å². The standard InChI is InChI=1S/C49H41NO4/c1-7-13-15-17-18-19-20-21-22-23-24-25-26-27-28-29-30-31-32-33-34-35-37-40-48(52)50-45(46(51)39-36-16-14-8-2)41-53-49-44(12-6)42(10-4)43(11-5)47(54-49)38-9-3/h9-12,42-47,49,51H,3-6,8,14,16,36,38-39,41H2,1-2H3,(H,50,52)/t42?,43-,44+,45+,46-,47?,49+/m1/s1. The Bertz CT molecular complexity index is 2130. The molecular formula is C49H41NO4. The topological polar surface area (TPSA) is 67.8 Å². The van der Waals surface area contributed by atoms with E-state index >= 15 is 0 Å². The van der Waals surface area contributed by atoms with E-state index in [1.807, 2.05) is 12.2 Å². The van der Waals surface area contributed by atoms with E-state index in [9.17, 15) is 9.90 Å². The summed E-state index contributed by atoms with van der Waals surface area (Å²) in [5.74, 6) is 59.5. The van der Waals surface area contributed by atoms with Gasteiger partial charge in [0.15, 0.2) is 6.29 Å². The summed E-state index contributed by atoms with van der Waals surface area (Å²) in [4.78, 5) is 12.7. The Balaban J connectivity index is 2.83. The Morgan fingerprint density at radius 2 is 1.15 bits per heavy atom. The molecule has 1 rings (SSSR count). The molecule has 1 saturated heterocycles. The third-order valence-corrected chi connectivity index (χ3v) is 7.34. The molecule has 1 amide bonds. The average Bonchev–Trinajstić information content (AvgIpc) is 3.17. The van der Waals surface area contributed by atoms with E-state index in [1.165, 1.54) is 0 Å². The van der Waals surface area contributed by atoms with E-state index in [0.717, 1.165) is 25.7 Å². The second kappa shape index (κ2) is 30.8. The van der Waals surface area contributed by atoms with Crippen LogP contribution in [0.1, 0.15) is 52.4 Å². The van der Waals surface area contributed by atoms with E-state index in [4.69, 9.17) is 9.47 Å². The van der Waals surface area contributed by atoms with Gasteiger partial charge in [0.1, 0.15) is 0 Å². The maximum atomic E-state index is 12.7. The Morgan fingerprint density at radius 3 is 1.57 bits per heavy atom. The molecule has 1 heterocycles. The Hall–Kier alpha value is -6.97. The van der Waals surface area contributed by atoms with Gasteiger partial charge in [-0.15, -0.1) is 26.3 Å². The number of unbranched alkanes of at least 4 members (excludes halogenated alkanes) is 3. The van der Waals surface area contributed by atoms with Crippen LogP contribution in [0.5, 0.6) is 0 Å². The summed E-state index contributed by atoms with van der Waals surface area (Å²) in [6, 6.07) is -0.738. The summed E-state index contributed by atoms with van der Waals surface area (Å²) in [5, 5.41) is 13.8. The number of amides is 1. The monoisotopic (exact) mass is 707 g/mol. The van der Waals surface area contributed by atoms with E-state index < -0.39 is 24.3 Å². The summed E-state index contributed by atoms with van der Waals surface area (Å²) >= 11 is 0. The number of hydrogen-bond donors (Lipinski definition) is 2. The zero-order chi connectivity index (χ0) is 39.5. The first-order valence-electron chi connectivity index (χ1n) is 17.1. The fourth-order valence-electron chi connectivity index (χ4n) is 4.87. The molecule has 0 bridgehead atoms. The van der Waals surface area contributed by atoms with Gasteiger partial charge in [0.05, 0.1) is 24.9 Å². The van der Waals surface area contributed by atoms with Crippen molar-refractivity contribution < 1.29 is 19.4 Å². The Morgan fingerprint density at radius 1 is 0.685 bits per heavy atom. The number of ether oxygens (including phenoxy) is 2. The molecule has 0 saturated carbocycles. The van der Waals surface area contributed by atoms with Crippen LogP contribution in [0.25, 0.3) is 0 Å². The third kappa shape index (κ3) is 20.0. The largest absolute Gasteiger partial charge is 0.391 e. The number of rotatable bonds is 15. The number of hydrogen-bond acceptors (Lipinski definition) is 4. The van der Waals surface area contributed by atoms with Gasteiger partial charge in [-0.2, -0.15) is 0 Å². The van der Waals surface area contributed by atoms with Gasteiger partial charge in [-0.05, 0) is 120 Å². The Kier molecular flexibility index (Phi) is 25.7. The van der Waals surface area contributed by atoms with Gasteiger partial charge in [0.2, 0.25) is 0 Å². The van der Waals surface area contributed by atoms with Crippen LogP contribution in [0.3, 0.4) is 0 Å². The van der Waals surface area contributed by atoms with Crippen LogP contribution >= 0.6 is 0 Å². The molecule has 0 aliphatic carbocycles. The van der Waals surface area contributed by atoms with E-state index in [-0.39, 0.29) is 30.5 Å². The van der Waals surface area contributed by atoms with Gasteiger partial charge in [-0.25, -0.2) is 0 Å². The molecule has 2 unspecified atom stereocenters. The van der Waals surface area contributed by atoms with Crippen LogP contribution in [-0.2, 0) is 14.3 Å². The van der Waals surface area contributed by atoms with Crippen LogP contribution in [0.2, 0.25) is 0 Å². The molecule has 5 nitrogen and oxygen atoms in total. The summed E-state index contributed by atoms with van der Waals surface area (Å²) < 4.78 is 12.5. The van der Waals surface area contributed by atoms with Crippen molar-refractivity contribution >= 4 is 5.91 Å². The van der Waals surface area contributed by atoms with Crippen molar-refractivity contribution in [1.82, 2.24) is 5.32 Å². The second-order valence-corrected chi connectivity index (χ2v) is 11.0. The number of nitrogens with one attached hydrogen (secondary N) is 1. The molecule has 266 valence electrons. The normalized spacial score (nSPS) is 17.4. The number of aliphatic hydroxyl groups is 1. The van der Waals surface area contributed by atoms with Crippen molar-refractivity contribution in [2.24, 2.45) is 17.8 Å². The molecule has 0 aromatic carbocycles. The predicted molar refractivity (Wildman–Crippen MR) is 216 cm³/mol. The highest BCUT2D eigenvalue weighted by molar-refractivity contribution is 5.94. The molecule has 0 aromatic heterocycles. The van der Waals surface area contributed by atoms with Crippen molar-refractivity contribution in [2.45, 2.75) is 76.9 Å². The highest BCUT2D eigenvalue weighted by Gasteiger charge is 2.42. The summed E-state index contributed by atoms with van der Waals surface area (Å²) in [6.07, 6.45) is 10.5. The fourth-order valence-corrected chi connectivity index (χ4v) is 4.87. The van der Waals surface area contributed by atoms with Gasteiger partial charge in [-0.3, -0.25) is 4.79 Å². The molecule has 7 atom stereocenters. The highest BCUT2D eigenvalue weighted by Crippen LogP contribution is 2.39. The maximum absolute atomic E-state index is 12.7. The second-order valence-electron chi connectivity index (χ2n) is 11.0. The van der Waals surface area contributed by atoms with Crippen molar-refractivity contribution in [1.29, 1.82) is 0 Å². The van der Waals surface area contributed by atoms with E-state index in [0.29, 0.717) is 12.8 Å². The van der Waals surface area contributed by atoms with Crippen LogP contribution in [0.15, 0.2) is 50.6 Å². The quantitative estimate of drug-likeness (QED) is 0.149.